The molecule has 3 rings (SSSR count). The largest absolute Gasteiger partial charge is 0.341 e. The van der Waals surface area contributed by atoms with Crippen LogP contribution >= 0.6 is 0 Å². The van der Waals surface area contributed by atoms with Crippen LogP contribution in [0.25, 0.3) is 5.69 Å². The topological polar surface area (TPSA) is 56.0 Å². The Balaban J connectivity index is 1.48. The number of amides is 1. The van der Waals surface area contributed by atoms with Gasteiger partial charge in [0.15, 0.2) is 0 Å². The van der Waals surface area contributed by atoms with Gasteiger partial charge in [0.25, 0.3) is 0 Å². The third kappa shape index (κ3) is 4.39. The zero-order valence-corrected chi connectivity index (χ0v) is 15.6. The Morgan fingerprint density at radius 1 is 1.19 bits per heavy atom. The van der Waals surface area contributed by atoms with Gasteiger partial charge in [0, 0.05) is 44.6 Å². The third-order valence-electron chi connectivity index (χ3n) is 4.41. The van der Waals surface area contributed by atoms with E-state index in [4.69, 9.17) is 0 Å². The van der Waals surface area contributed by atoms with Gasteiger partial charge in [-0.1, -0.05) is 12.1 Å². The number of benzene rings is 1. The normalized spacial score (nSPS) is 10.9. The van der Waals surface area contributed by atoms with Crippen molar-refractivity contribution in [3.63, 3.8) is 0 Å². The summed E-state index contributed by atoms with van der Waals surface area (Å²) in [7, 11) is 1.85. The zero-order chi connectivity index (χ0) is 18.5. The Morgan fingerprint density at radius 2 is 1.96 bits per heavy atom. The van der Waals surface area contributed by atoms with Crippen LogP contribution in [0.4, 0.5) is 0 Å². The molecule has 0 spiro atoms. The van der Waals surface area contributed by atoms with Crippen LogP contribution in [0.2, 0.25) is 0 Å². The maximum atomic E-state index is 12.4. The number of carbonyl (C=O) groups excluding carboxylic acids is 1. The van der Waals surface area contributed by atoms with Crippen molar-refractivity contribution in [3.05, 3.63) is 65.7 Å². The summed E-state index contributed by atoms with van der Waals surface area (Å²) in [4.78, 5) is 14.1. The van der Waals surface area contributed by atoms with Crippen LogP contribution in [-0.4, -0.2) is 37.4 Å². The highest BCUT2D eigenvalue weighted by Gasteiger charge is 2.10. The van der Waals surface area contributed by atoms with Gasteiger partial charge in [0.05, 0.1) is 11.4 Å². The molecule has 0 atom stereocenters. The van der Waals surface area contributed by atoms with E-state index in [-0.39, 0.29) is 5.91 Å². The number of aryl methyl sites for hydroxylation is 3. The number of carbonyl (C=O) groups is 1. The number of hydrogen-bond acceptors (Lipinski definition) is 3. The average Bonchev–Trinajstić information content (AvgIpc) is 3.25. The van der Waals surface area contributed by atoms with Crippen molar-refractivity contribution in [2.24, 2.45) is 0 Å². The highest BCUT2D eigenvalue weighted by atomic mass is 16.2. The fourth-order valence-corrected chi connectivity index (χ4v) is 3.01. The molecule has 0 fully saturated rings. The molecular weight excluding hydrogens is 326 g/mol. The zero-order valence-electron chi connectivity index (χ0n) is 15.6. The molecule has 3 aromatic rings. The van der Waals surface area contributed by atoms with Gasteiger partial charge in [0.2, 0.25) is 5.91 Å². The minimum absolute atomic E-state index is 0.155. The fourth-order valence-electron chi connectivity index (χ4n) is 3.01. The van der Waals surface area contributed by atoms with Crippen LogP contribution in [0.3, 0.4) is 0 Å². The van der Waals surface area contributed by atoms with Gasteiger partial charge < -0.3 is 4.90 Å². The van der Waals surface area contributed by atoms with E-state index in [1.54, 1.807) is 11.1 Å². The predicted octanol–water partition coefficient (Wildman–Crippen LogP) is 3.12. The van der Waals surface area contributed by atoms with Gasteiger partial charge in [-0.15, -0.1) is 0 Å². The van der Waals surface area contributed by atoms with Gasteiger partial charge in [-0.2, -0.15) is 10.2 Å². The first kappa shape index (κ1) is 17.9. The lowest BCUT2D eigenvalue weighted by molar-refractivity contribution is -0.130. The molecular formula is C20H25N5O. The molecule has 26 heavy (non-hydrogen) atoms. The molecule has 1 amide bonds. The molecule has 6 heteroatoms. The fraction of sp³-hybridized carbons (Fsp3) is 0.350. The van der Waals surface area contributed by atoms with Crippen molar-refractivity contribution < 1.29 is 4.79 Å². The van der Waals surface area contributed by atoms with Crippen molar-refractivity contribution >= 4 is 5.91 Å². The van der Waals surface area contributed by atoms with Crippen molar-refractivity contribution in [2.75, 3.05) is 7.05 Å². The Bertz CT molecular complexity index is 849. The van der Waals surface area contributed by atoms with Crippen LogP contribution < -0.4 is 0 Å². The summed E-state index contributed by atoms with van der Waals surface area (Å²) in [5.41, 5.74) is 4.28. The molecule has 6 nitrogen and oxygen atoms in total. The van der Waals surface area contributed by atoms with Crippen molar-refractivity contribution in [2.45, 2.75) is 39.8 Å². The number of rotatable bonds is 7. The first-order chi connectivity index (χ1) is 12.5. The van der Waals surface area contributed by atoms with E-state index < -0.39 is 0 Å². The van der Waals surface area contributed by atoms with Crippen LogP contribution in [0.1, 0.15) is 29.8 Å². The van der Waals surface area contributed by atoms with Crippen molar-refractivity contribution in [1.29, 1.82) is 0 Å². The van der Waals surface area contributed by atoms with E-state index in [0.29, 0.717) is 13.0 Å². The summed E-state index contributed by atoms with van der Waals surface area (Å²) < 4.78 is 3.79. The molecule has 1 aromatic carbocycles. The van der Waals surface area contributed by atoms with E-state index in [2.05, 4.69) is 16.3 Å². The minimum atomic E-state index is 0.155. The molecule has 136 valence electrons. The first-order valence-corrected chi connectivity index (χ1v) is 8.87. The molecule has 2 aromatic heterocycles. The average molecular weight is 351 g/mol. The van der Waals surface area contributed by atoms with Gasteiger partial charge >= 0.3 is 0 Å². The third-order valence-corrected chi connectivity index (χ3v) is 4.41. The van der Waals surface area contributed by atoms with Crippen LogP contribution in [0.15, 0.2) is 48.8 Å². The smallest absolute Gasteiger partial charge is 0.222 e. The monoisotopic (exact) mass is 351 g/mol. The standard InChI is InChI=1S/C20H25N5O/c1-16-14-17(2)24(22-16)12-4-6-20(26)23(3)15-18-7-9-19(10-8-18)25-13-5-11-21-25/h5,7-11,13-14H,4,6,12,15H2,1-3H3. The molecule has 0 radical (unpaired) electrons. The van der Waals surface area contributed by atoms with Crippen LogP contribution in [-0.2, 0) is 17.9 Å². The van der Waals surface area contributed by atoms with Gasteiger partial charge in [-0.05, 0) is 50.1 Å². The molecule has 0 bridgehead atoms. The van der Waals surface area contributed by atoms with Crippen LogP contribution in [0, 0.1) is 13.8 Å². The van der Waals surface area contributed by atoms with Crippen LogP contribution in [0.5, 0.6) is 0 Å². The second-order valence-corrected chi connectivity index (χ2v) is 6.62. The highest BCUT2D eigenvalue weighted by Crippen LogP contribution is 2.11. The maximum Gasteiger partial charge on any atom is 0.222 e. The minimum Gasteiger partial charge on any atom is -0.341 e. The van der Waals surface area contributed by atoms with E-state index >= 15 is 0 Å². The first-order valence-electron chi connectivity index (χ1n) is 8.87. The molecule has 0 aliphatic carbocycles. The highest BCUT2D eigenvalue weighted by molar-refractivity contribution is 5.75. The predicted molar refractivity (Wildman–Crippen MR) is 101 cm³/mol. The van der Waals surface area contributed by atoms with E-state index in [1.807, 2.05) is 66.8 Å². The summed E-state index contributed by atoms with van der Waals surface area (Å²) in [6.45, 7) is 5.41. The number of aromatic nitrogens is 4. The molecule has 0 unspecified atom stereocenters. The lowest BCUT2D eigenvalue weighted by atomic mass is 10.2. The van der Waals surface area contributed by atoms with Gasteiger partial charge in [-0.3, -0.25) is 9.48 Å². The molecule has 0 aliphatic heterocycles. The van der Waals surface area contributed by atoms with Gasteiger partial charge in [-0.25, -0.2) is 4.68 Å². The Kier molecular flexibility index (Phi) is 5.51. The van der Waals surface area contributed by atoms with E-state index in [1.165, 1.54) is 0 Å². The quantitative estimate of drug-likeness (QED) is 0.657. The molecule has 2 heterocycles. The van der Waals surface area contributed by atoms with Crippen molar-refractivity contribution in [1.82, 2.24) is 24.5 Å². The van der Waals surface area contributed by atoms with E-state index in [9.17, 15) is 4.79 Å². The summed E-state index contributed by atoms with van der Waals surface area (Å²) >= 11 is 0. The number of nitrogens with zero attached hydrogens (tertiary/aromatic N) is 5. The molecule has 0 aliphatic rings. The molecule has 0 N–H and O–H groups in total. The lowest BCUT2D eigenvalue weighted by Gasteiger charge is -2.17. The summed E-state index contributed by atoms with van der Waals surface area (Å²) in [6, 6.07) is 12.1. The summed E-state index contributed by atoms with van der Waals surface area (Å²) in [5, 5.41) is 8.65. The maximum absolute atomic E-state index is 12.4. The SMILES string of the molecule is Cc1cc(C)n(CCCC(=O)N(C)Cc2ccc(-n3cccn3)cc2)n1. The van der Waals surface area contributed by atoms with Gasteiger partial charge in [0.1, 0.15) is 0 Å². The Morgan fingerprint density at radius 3 is 2.58 bits per heavy atom. The Hall–Kier alpha value is -2.89. The molecule has 0 saturated carbocycles. The number of hydrogen-bond donors (Lipinski definition) is 0. The lowest BCUT2D eigenvalue weighted by Crippen LogP contribution is -2.26. The molecule has 0 saturated heterocycles. The van der Waals surface area contributed by atoms with E-state index in [0.717, 1.165) is 35.6 Å². The Labute approximate surface area is 154 Å². The second kappa shape index (κ2) is 7.99. The van der Waals surface area contributed by atoms with Crippen molar-refractivity contribution in [3.8, 4) is 5.69 Å². The summed E-state index contributed by atoms with van der Waals surface area (Å²) in [5.74, 6) is 0.155. The second-order valence-electron chi connectivity index (χ2n) is 6.62. The summed E-state index contributed by atoms with van der Waals surface area (Å²) in [6.07, 6.45) is 4.99.